The Labute approximate surface area is 101 Å². The maximum atomic E-state index is 11.8. The first-order chi connectivity index (χ1) is 7.98. The van der Waals surface area contributed by atoms with Crippen molar-refractivity contribution in [1.29, 1.82) is 0 Å². The number of anilines is 1. The number of amides is 1. The zero-order chi connectivity index (χ0) is 12.5. The topological polar surface area (TPSA) is 63.2 Å². The van der Waals surface area contributed by atoms with Gasteiger partial charge in [0, 0.05) is 12.2 Å². The van der Waals surface area contributed by atoms with E-state index in [2.05, 4.69) is 5.32 Å². The first kappa shape index (κ1) is 12.1. The lowest BCUT2D eigenvalue weighted by Gasteiger charge is -2.24. The highest BCUT2D eigenvalue weighted by molar-refractivity contribution is 7.90. The lowest BCUT2D eigenvalue weighted by atomic mass is 9.85. The van der Waals surface area contributed by atoms with Gasteiger partial charge in [-0.3, -0.25) is 4.79 Å². The predicted octanol–water partition coefficient (Wildman–Crippen LogP) is 1.83. The molecule has 1 aromatic rings. The summed E-state index contributed by atoms with van der Waals surface area (Å²) in [6.45, 7) is 0. The molecule has 4 nitrogen and oxygen atoms in total. The van der Waals surface area contributed by atoms with Gasteiger partial charge in [-0.15, -0.1) is 0 Å². The average Bonchev–Trinajstić information content (AvgIpc) is 2.13. The maximum absolute atomic E-state index is 11.8. The summed E-state index contributed by atoms with van der Waals surface area (Å²) >= 11 is 0. The maximum Gasteiger partial charge on any atom is 0.227 e. The second-order valence-electron chi connectivity index (χ2n) is 4.39. The minimum atomic E-state index is -3.31. The number of hydrogen-bond donors (Lipinski definition) is 1. The standard InChI is InChI=1S/C12H15NO3S/c1-17(15,16)11-8-3-2-7-10(11)13-12(14)9-5-4-6-9/h2-3,7-9H,4-6H2,1H3,(H,13,14). The molecule has 1 fully saturated rings. The van der Waals surface area contributed by atoms with Crippen molar-refractivity contribution in [3.8, 4) is 0 Å². The molecule has 92 valence electrons. The Morgan fingerprint density at radius 2 is 1.94 bits per heavy atom. The fourth-order valence-electron chi connectivity index (χ4n) is 1.80. The van der Waals surface area contributed by atoms with Crippen LogP contribution in [-0.2, 0) is 14.6 Å². The van der Waals surface area contributed by atoms with Crippen molar-refractivity contribution < 1.29 is 13.2 Å². The van der Waals surface area contributed by atoms with Crippen LogP contribution in [0.25, 0.3) is 0 Å². The summed E-state index contributed by atoms with van der Waals surface area (Å²) in [5.74, 6) is -0.0324. The molecule has 2 rings (SSSR count). The lowest BCUT2D eigenvalue weighted by Crippen LogP contribution is -2.28. The van der Waals surface area contributed by atoms with Gasteiger partial charge in [0.15, 0.2) is 9.84 Å². The van der Waals surface area contributed by atoms with Crippen molar-refractivity contribution in [2.24, 2.45) is 5.92 Å². The molecule has 5 heteroatoms. The van der Waals surface area contributed by atoms with Crippen LogP contribution >= 0.6 is 0 Å². The van der Waals surface area contributed by atoms with Crippen LogP contribution in [0, 0.1) is 5.92 Å². The van der Waals surface area contributed by atoms with Crippen LogP contribution in [0.5, 0.6) is 0 Å². The van der Waals surface area contributed by atoms with E-state index in [1.165, 1.54) is 6.07 Å². The SMILES string of the molecule is CS(=O)(=O)c1ccccc1NC(=O)C1CCC1. The normalized spacial score (nSPS) is 16.3. The van der Waals surface area contributed by atoms with Crippen molar-refractivity contribution in [3.63, 3.8) is 0 Å². The predicted molar refractivity (Wildman–Crippen MR) is 65.5 cm³/mol. The van der Waals surface area contributed by atoms with E-state index < -0.39 is 9.84 Å². The smallest absolute Gasteiger partial charge is 0.227 e. The van der Waals surface area contributed by atoms with Gasteiger partial charge >= 0.3 is 0 Å². The number of rotatable bonds is 3. The Kier molecular flexibility index (Phi) is 3.19. The van der Waals surface area contributed by atoms with Crippen LogP contribution in [0.3, 0.4) is 0 Å². The van der Waals surface area contributed by atoms with E-state index in [0.29, 0.717) is 5.69 Å². The number of para-hydroxylation sites is 1. The summed E-state index contributed by atoms with van der Waals surface area (Å²) in [5.41, 5.74) is 0.381. The minimum absolute atomic E-state index is 0.0441. The van der Waals surface area contributed by atoms with Gasteiger partial charge < -0.3 is 5.32 Å². The molecule has 1 amide bonds. The van der Waals surface area contributed by atoms with Crippen LogP contribution in [0.4, 0.5) is 5.69 Å². The first-order valence-corrected chi connectivity index (χ1v) is 7.47. The third-order valence-corrected chi connectivity index (χ3v) is 4.18. The molecule has 0 unspecified atom stereocenters. The van der Waals surface area contributed by atoms with E-state index in [4.69, 9.17) is 0 Å². The first-order valence-electron chi connectivity index (χ1n) is 5.58. The fraction of sp³-hybridized carbons (Fsp3) is 0.417. The third kappa shape index (κ3) is 2.66. The quantitative estimate of drug-likeness (QED) is 0.893. The van der Waals surface area contributed by atoms with Crippen molar-refractivity contribution in [2.45, 2.75) is 24.2 Å². The average molecular weight is 253 g/mol. The molecular weight excluding hydrogens is 238 g/mol. The van der Waals surface area contributed by atoms with Crippen LogP contribution in [0.2, 0.25) is 0 Å². The molecule has 0 spiro atoms. The second-order valence-corrected chi connectivity index (χ2v) is 6.37. The number of carbonyl (C=O) groups excluding carboxylic acids is 1. The van der Waals surface area contributed by atoms with E-state index >= 15 is 0 Å². The molecule has 0 aromatic heterocycles. The van der Waals surface area contributed by atoms with Gasteiger partial charge in [0.25, 0.3) is 0 Å². The molecule has 0 radical (unpaired) electrons. The van der Waals surface area contributed by atoms with Gasteiger partial charge in [-0.05, 0) is 25.0 Å². The summed E-state index contributed by atoms with van der Waals surface area (Å²) < 4.78 is 23.1. The van der Waals surface area contributed by atoms with E-state index in [9.17, 15) is 13.2 Å². The van der Waals surface area contributed by atoms with Gasteiger partial charge in [-0.2, -0.15) is 0 Å². The zero-order valence-corrected chi connectivity index (χ0v) is 10.5. The van der Waals surface area contributed by atoms with Gasteiger partial charge in [-0.1, -0.05) is 18.6 Å². The molecule has 17 heavy (non-hydrogen) atoms. The van der Waals surface area contributed by atoms with Crippen molar-refractivity contribution in [2.75, 3.05) is 11.6 Å². The highest BCUT2D eigenvalue weighted by Gasteiger charge is 2.26. The summed E-state index contributed by atoms with van der Waals surface area (Å²) in [5, 5.41) is 2.70. The lowest BCUT2D eigenvalue weighted by molar-refractivity contribution is -0.122. The van der Waals surface area contributed by atoms with Crippen LogP contribution in [0.15, 0.2) is 29.2 Å². The molecule has 1 aromatic carbocycles. The van der Waals surface area contributed by atoms with Crippen molar-refractivity contribution in [3.05, 3.63) is 24.3 Å². The zero-order valence-electron chi connectivity index (χ0n) is 9.64. The Morgan fingerprint density at radius 3 is 2.47 bits per heavy atom. The highest BCUT2D eigenvalue weighted by Crippen LogP contribution is 2.29. The molecule has 1 saturated carbocycles. The van der Waals surface area contributed by atoms with Gasteiger partial charge in [0.05, 0.1) is 10.6 Å². The third-order valence-electron chi connectivity index (χ3n) is 3.02. The molecule has 0 aliphatic heterocycles. The molecular formula is C12H15NO3S. The summed E-state index contributed by atoms with van der Waals surface area (Å²) in [7, 11) is -3.31. The molecule has 0 atom stereocenters. The molecule has 0 saturated heterocycles. The molecule has 1 aliphatic carbocycles. The molecule has 0 heterocycles. The minimum Gasteiger partial charge on any atom is -0.325 e. The highest BCUT2D eigenvalue weighted by atomic mass is 32.2. The molecule has 0 bridgehead atoms. The Balaban J connectivity index is 2.23. The molecule has 1 N–H and O–H groups in total. The van der Waals surface area contributed by atoms with Crippen molar-refractivity contribution >= 4 is 21.4 Å². The summed E-state index contributed by atoms with van der Waals surface area (Å²) in [6, 6.07) is 6.49. The molecule has 1 aliphatic rings. The Hall–Kier alpha value is -1.36. The second kappa shape index (κ2) is 4.49. The van der Waals surface area contributed by atoms with Gasteiger partial charge in [0.2, 0.25) is 5.91 Å². The van der Waals surface area contributed by atoms with E-state index in [0.717, 1.165) is 25.5 Å². The summed E-state index contributed by atoms with van der Waals surface area (Å²) in [4.78, 5) is 11.9. The van der Waals surface area contributed by atoms with Crippen LogP contribution in [0.1, 0.15) is 19.3 Å². The fourth-order valence-corrected chi connectivity index (χ4v) is 2.64. The number of sulfone groups is 1. The number of carbonyl (C=O) groups is 1. The number of hydrogen-bond acceptors (Lipinski definition) is 3. The Bertz CT molecular complexity index is 532. The monoisotopic (exact) mass is 253 g/mol. The van der Waals surface area contributed by atoms with Crippen LogP contribution in [-0.4, -0.2) is 20.6 Å². The van der Waals surface area contributed by atoms with Gasteiger partial charge in [0.1, 0.15) is 0 Å². The van der Waals surface area contributed by atoms with E-state index in [1.54, 1.807) is 18.2 Å². The number of benzene rings is 1. The van der Waals surface area contributed by atoms with E-state index in [1.807, 2.05) is 0 Å². The number of nitrogens with one attached hydrogen (secondary N) is 1. The summed E-state index contributed by atoms with van der Waals surface area (Å²) in [6.07, 6.45) is 4.01. The Morgan fingerprint density at radius 1 is 1.29 bits per heavy atom. The largest absolute Gasteiger partial charge is 0.325 e. The van der Waals surface area contributed by atoms with E-state index in [-0.39, 0.29) is 16.7 Å². The van der Waals surface area contributed by atoms with Crippen LogP contribution < -0.4 is 5.32 Å². The van der Waals surface area contributed by atoms with Crippen molar-refractivity contribution in [1.82, 2.24) is 0 Å². The van der Waals surface area contributed by atoms with Gasteiger partial charge in [-0.25, -0.2) is 8.42 Å².